The number of likely N-dealkylation sites (tertiary alicyclic amines) is 1. The minimum atomic E-state index is -1.08. The van der Waals surface area contributed by atoms with Crippen molar-refractivity contribution < 1.29 is 14.3 Å². The smallest absolute Gasteiger partial charge is 0.269 e. The summed E-state index contributed by atoms with van der Waals surface area (Å²) in [5.74, 6) is 1.34. The summed E-state index contributed by atoms with van der Waals surface area (Å²) in [7, 11) is 1.61. The predicted octanol–water partition coefficient (Wildman–Crippen LogP) is 4.42. The standard InChI is InChI=1S/C28H27N3O3S/c1-34-23-13-11-22(12-14-23)31-26(32)18-35-28(31)24-9-5-6-10-25(24)30(27(28)33)19-29-16-15-21(17-29)20-7-3-2-4-8-20/h2-14,21H,15-19H2,1H3. The Morgan fingerprint density at radius 1 is 0.971 bits per heavy atom. The maximum Gasteiger partial charge on any atom is 0.269 e. The average Bonchev–Trinajstić information content (AvgIpc) is 3.58. The monoisotopic (exact) mass is 485 g/mol. The molecule has 3 aliphatic rings. The minimum absolute atomic E-state index is 0.0477. The van der Waals surface area contributed by atoms with E-state index in [9.17, 15) is 9.59 Å². The fourth-order valence-electron chi connectivity index (χ4n) is 5.59. The zero-order valence-electron chi connectivity index (χ0n) is 19.6. The number of fused-ring (bicyclic) bond motifs is 2. The molecule has 2 amide bonds. The van der Waals surface area contributed by atoms with Gasteiger partial charge in [0.15, 0.2) is 0 Å². The number of carbonyl (C=O) groups is 2. The van der Waals surface area contributed by atoms with Gasteiger partial charge in [0.2, 0.25) is 10.8 Å². The molecule has 3 aromatic carbocycles. The van der Waals surface area contributed by atoms with Crippen molar-refractivity contribution in [3.05, 3.63) is 90.0 Å². The van der Waals surface area contributed by atoms with E-state index in [1.807, 2.05) is 59.5 Å². The molecule has 35 heavy (non-hydrogen) atoms. The van der Waals surface area contributed by atoms with Crippen LogP contribution in [0.2, 0.25) is 0 Å². The van der Waals surface area contributed by atoms with Crippen LogP contribution in [0.3, 0.4) is 0 Å². The normalized spacial score (nSPS) is 24.0. The predicted molar refractivity (Wildman–Crippen MR) is 139 cm³/mol. The zero-order chi connectivity index (χ0) is 24.0. The Balaban J connectivity index is 1.32. The lowest BCUT2D eigenvalue weighted by Gasteiger charge is -2.34. The Morgan fingerprint density at radius 3 is 2.49 bits per heavy atom. The van der Waals surface area contributed by atoms with Gasteiger partial charge in [0, 0.05) is 24.3 Å². The number of hydrogen-bond acceptors (Lipinski definition) is 5. The second kappa shape index (κ2) is 8.73. The van der Waals surface area contributed by atoms with E-state index in [-0.39, 0.29) is 17.6 Å². The lowest BCUT2D eigenvalue weighted by molar-refractivity contribution is -0.123. The van der Waals surface area contributed by atoms with Crippen LogP contribution in [0.25, 0.3) is 0 Å². The Bertz CT molecular complexity index is 1270. The fraction of sp³-hybridized carbons (Fsp3) is 0.286. The SMILES string of the molecule is COc1ccc(N2C(=O)CSC23C(=O)N(CN2CCC(c4ccccc4)C2)c2ccccc23)cc1. The number of hydrogen-bond donors (Lipinski definition) is 0. The first kappa shape index (κ1) is 22.2. The van der Waals surface area contributed by atoms with Crippen molar-refractivity contribution in [3.63, 3.8) is 0 Å². The molecule has 0 saturated carbocycles. The molecule has 2 atom stereocenters. The van der Waals surface area contributed by atoms with E-state index in [1.165, 1.54) is 17.3 Å². The molecule has 3 heterocycles. The van der Waals surface area contributed by atoms with Gasteiger partial charge in [-0.3, -0.25) is 24.3 Å². The lowest BCUT2D eigenvalue weighted by Crippen LogP contribution is -2.51. The lowest BCUT2D eigenvalue weighted by atomic mass is 9.99. The molecule has 0 aliphatic carbocycles. The average molecular weight is 486 g/mol. The molecular weight excluding hydrogens is 458 g/mol. The van der Waals surface area contributed by atoms with E-state index >= 15 is 0 Å². The molecule has 1 spiro atoms. The van der Waals surface area contributed by atoms with E-state index in [0.717, 1.165) is 30.8 Å². The Morgan fingerprint density at radius 2 is 1.71 bits per heavy atom. The van der Waals surface area contributed by atoms with E-state index in [4.69, 9.17) is 4.74 Å². The van der Waals surface area contributed by atoms with E-state index in [2.05, 4.69) is 29.2 Å². The molecule has 0 aromatic heterocycles. The number of rotatable bonds is 5. The number of benzene rings is 3. The first-order chi connectivity index (χ1) is 17.1. The van der Waals surface area contributed by atoms with Gasteiger partial charge in [-0.15, -0.1) is 11.8 Å². The van der Waals surface area contributed by atoms with Crippen molar-refractivity contribution in [1.82, 2.24) is 4.90 Å². The van der Waals surface area contributed by atoms with Crippen molar-refractivity contribution in [3.8, 4) is 5.75 Å². The van der Waals surface area contributed by atoms with Crippen LogP contribution in [0, 0.1) is 0 Å². The third kappa shape index (κ3) is 3.53. The van der Waals surface area contributed by atoms with Crippen LogP contribution in [0.15, 0.2) is 78.9 Å². The third-order valence-electron chi connectivity index (χ3n) is 7.28. The van der Waals surface area contributed by atoms with Crippen LogP contribution >= 0.6 is 11.8 Å². The molecule has 0 bridgehead atoms. The van der Waals surface area contributed by atoms with Crippen molar-refractivity contribution in [2.45, 2.75) is 17.2 Å². The molecule has 2 fully saturated rings. The molecule has 6 nitrogen and oxygen atoms in total. The number of carbonyl (C=O) groups excluding carboxylic acids is 2. The van der Waals surface area contributed by atoms with Crippen LogP contribution < -0.4 is 14.5 Å². The van der Waals surface area contributed by atoms with Crippen LogP contribution in [-0.4, -0.2) is 49.3 Å². The summed E-state index contributed by atoms with van der Waals surface area (Å²) in [6, 6.07) is 25.9. The molecule has 2 saturated heterocycles. The summed E-state index contributed by atoms with van der Waals surface area (Å²) in [5, 5.41) is 0. The molecule has 178 valence electrons. The van der Waals surface area contributed by atoms with Crippen molar-refractivity contribution >= 4 is 35.0 Å². The summed E-state index contributed by atoms with van der Waals surface area (Å²) >= 11 is 1.42. The molecule has 0 radical (unpaired) electrons. The van der Waals surface area contributed by atoms with Crippen LogP contribution in [-0.2, 0) is 14.5 Å². The van der Waals surface area contributed by atoms with Gasteiger partial charge in [-0.05, 0) is 48.2 Å². The van der Waals surface area contributed by atoms with Crippen molar-refractivity contribution in [1.29, 1.82) is 0 Å². The number of methoxy groups -OCH3 is 1. The minimum Gasteiger partial charge on any atom is -0.497 e. The van der Waals surface area contributed by atoms with Gasteiger partial charge < -0.3 is 4.74 Å². The van der Waals surface area contributed by atoms with Gasteiger partial charge in [-0.1, -0.05) is 48.5 Å². The molecule has 6 rings (SSSR count). The molecule has 3 aromatic rings. The van der Waals surface area contributed by atoms with Crippen molar-refractivity contribution in [2.75, 3.05) is 42.4 Å². The first-order valence-corrected chi connectivity index (χ1v) is 12.9. The first-order valence-electron chi connectivity index (χ1n) is 11.9. The van der Waals surface area contributed by atoms with Gasteiger partial charge >= 0.3 is 0 Å². The fourth-order valence-corrected chi connectivity index (χ4v) is 6.95. The summed E-state index contributed by atoms with van der Waals surface area (Å²) in [5.41, 5.74) is 3.83. The Kier molecular flexibility index (Phi) is 5.54. The summed E-state index contributed by atoms with van der Waals surface area (Å²) in [6.07, 6.45) is 1.07. The Hall–Kier alpha value is -3.29. The van der Waals surface area contributed by atoms with Crippen molar-refractivity contribution in [2.24, 2.45) is 0 Å². The zero-order valence-corrected chi connectivity index (χ0v) is 20.4. The highest BCUT2D eigenvalue weighted by atomic mass is 32.2. The topological polar surface area (TPSA) is 53.1 Å². The van der Waals surface area contributed by atoms with E-state index < -0.39 is 4.87 Å². The highest BCUT2D eigenvalue weighted by molar-refractivity contribution is 8.02. The maximum atomic E-state index is 14.2. The van der Waals surface area contributed by atoms with Gasteiger partial charge in [0.05, 0.1) is 25.2 Å². The van der Waals surface area contributed by atoms with E-state index in [0.29, 0.717) is 24.0 Å². The number of ether oxygens (including phenoxy) is 1. The number of thioether (sulfide) groups is 1. The van der Waals surface area contributed by atoms with Crippen LogP contribution in [0.4, 0.5) is 11.4 Å². The number of anilines is 2. The van der Waals surface area contributed by atoms with Gasteiger partial charge in [-0.2, -0.15) is 0 Å². The number of para-hydroxylation sites is 1. The van der Waals surface area contributed by atoms with Crippen LogP contribution in [0.5, 0.6) is 5.75 Å². The number of nitrogens with zero attached hydrogens (tertiary/aromatic N) is 3. The second-order valence-electron chi connectivity index (χ2n) is 9.22. The largest absolute Gasteiger partial charge is 0.497 e. The van der Waals surface area contributed by atoms with Gasteiger partial charge in [0.25, 0.3) is 5.91 Å². The molecule has 7 heteroatoms. The Labute approximate surface area is 209 Å². The summed E-state index contributed by atoms with van der Waals surface area (Å²) in [6.45, 7) is 2.37. The molecular formula is C28H27N3O3S. The molecule has 0 N–H and O–H groups in total. The highest BCUT2D eigenvalue weighted by Gasteiger charge is 2.61. The third-order valence-corrected chi connectivity index (χ3v) is 8.67. The van der Waals surface area contributed by atoms with E-state index in [1.54, 1.807) is 12.0 Å². The summed E-state index contributed by atoms with van der Waals surface area (Å²) < 4.78 is 5.30. The second-order valence-corrected chi connectivity index (χ2v) is 10.4. The van der Waals surface area contributed by atoms with Crippen LogP contribution in [0.1, 0.15) is 23.5 Å². The highest BCUT2D eigenvalue weighted by Crippen LogP contribution is 2.55. The number of amides is 2. The quantitative estimate of drug-likeness (QED) is 0.536. The molecule has 3 aliphatic heterocycles. The van der Waals surface area contributed by atoms with Gasteiger partial charge in [0.1, 0.15) is 5.75 Å². The maximum absolute atomic E-state index is 14.2. The summed E-state index contributed by atoms with van der Waals surface area (Å²) in [4.78, 5) is 32.3. The van der Waals surface area contributed by atoms with Gasteiger partial charge in [-0.25, -0.2) is 0 Å². The molecule has 2 unspecified atom stereocenters.